The van der Waals surface area contributed by atoms with E-state index < -0.39 is 5.66 Å². The molecule has 0 aromatic heterocycles. The van der Waals surface area contributed by atoms with Gasteiger partial charge in [-0.15, -0.1) is 0 Å². The van der Waals surface area contributed by atoms with Gasteiger partial charge in [-0.1, -0.05) is 46.7 Å². The van der Waals surface area contributed by atoms with Gasteiger partial charge in [-0.3, -0.25) is 9.79 Å². The fourth-order valence-electron chi connectivity index (χ4n) is 2.50. The molecule has 1 aliphatic heterocycles. The number of halogens is 2. The Morgan fingerprint density at radius 1 is 1.15 bits per heavy atom. The van der Waals surface area contributed by atoms with Crippen molar-refractivity contribution in [1.82, 2.24) is 0 Å². The lowest BCUT2D eigenvalue weighted by Gasteiger charge is -2.13. The van der Waals surface area contributed by atoms with E-state index in [4.69, 9.17) is 9.98 Å². The van der Waals surface area contributed by atoms with E-state index in [9.17, 15) is 9.18 Å². The van der Waals surface area contributed by atoms with Crippen LogP contribution in [-0.4, -0.2) is 28.1 Å². The van der Waals surface area contributed by atoms with Crippen molar-refractivity contribution < 1.29 is 9.18 Å². The second-order valence-corrected chi connectivity index (χ2v) is 8.18. The third kappa shape index (κ3) is 5.05. The molecule has 0 saturated heterocycles. The predicted molar refractivity (Wildman–Crippen MR) is 114 cm³/mol. The third-order valence-corrected chi connectivity index (χ3v) is 5.65. The van der Waals surface area contributed by atoms with E-state index in [-0.39, 0.29) is 17.5 Å². The van der Waals surface area contributed by atoms with Gasteiger partial charge in [-0.25, -0.2) is 9.38 Å². The summed E-state index contributed by atoms with van der Waals surface area (Å²) in [5, 5.41) is 3.52. The Labute approximate surface area is 170 Å². The van der Waals surface area contributed by atoms with E-state index in [1.807, 2.05) is 38.1 Å². The largest absolute Gasteiger partial charge is 0.325 e. The van der Waals surface area contributed by atoms with Crippen molar-refractivity contribution in [3.63, 3.8) is 0 Å². The molecule has 1 N–H and O–H groups in total. The van der Waals surface area contributed by atoms with Gasteiger partial charge in [0.15, 0.2) is 0 Å². The summed E-state index contributed by atoms with van der Waals surface area (Å²) < 4.78 is 14.0. The van der Waals surface area contributed by atoms with Crippen LogP contribution in [-0.2, 0) is 4.79 Å². The minimum Gasteiger partial charge on any atom is -0.325 e. The van der Waals surface area contributed by atoms with Gasteiger partial charge in [0, 0.05) is 15.7 Å². The molecule has 1 aliphatic rings. The Balaban J connectivity index is 1.70. The molecule has 27 heavy (non-hydrogen) atoms. The molecule has 0 unspecified atom stereocenters. The molecule has 1 atom stereocenters. The Bertz CT molecular complexity index is 896. The van der Waals surface area contributed by atoms with Crippen molar-refractivity contribution in [2.75, 3.05) is 11.1 Å². The van der Waals surface area contributed by atoms with Crippen molar-refractivity contribution >= 4 is 50.0 Å². The molecule has 1 amide bonds. The van der Waals surface area contributed by atoms with Gasteiger partial charge < -0.3 is 5.32 Å². The molecular formula is C20H19BrFN3OS. The number of carbonyl (C=O) groups is 1. The first-order valence-corrected chi connectivity index (χ1v) is 10.3. The number of aliphatic imine (C=N–C) groups is 2. The fraction of sp³-hybridized carbons (Fsp3) is 0.250. The minimum atomic E-state index is -0.502. The zero-order valence-corrected chi connectivity index (χ0v) is 17.4. The number of thioether (sulfide) groups is 1. The molecule has 0 saturated carbocycles. The Morgan fingerprint density at radius 3 is 2.44 bits per heavy atom. The molecule has 1 heterocycles. The van der Waals surface area contributed by atoms with Crippen LogP contribution in [0.3, 0.4) is 0 Å². The van der Waals surface area contributed by atoms with Crippen LogP contribution in [0.15, 0.2) is 63.0 Å². The number of benzene rings is 2. The van der Waals surface area contributed by atoms with E-state index in [0.29, 0.717) is 5.69 Å². The molecule has 2 aromatic carbocycles. The van der Waals surface area contributed by atoms with Gasteiger partial charge in [-0.05, 0) is 49.7 Å². The number of carbonyl (C=O) groups excluding carboxylic acids is 1. The van der Waals surface area contributed by atoms with Crippen molar-refractivity contribution in [2.45, 2.75) is 25.9 Å². The first kappa shape index (κ1) is 19.8. The monoisotopic (exact) mass is 447 g/mol. The highest BCUT2D eigenvalue weighted by molar-refractivity contribution is 9.10. The maximum absolute atomic E-state index is 13.0. The van der Waals surface area contributed by atoms with Gasteiger partial charge in [0.1, 0.15) is 16.5 Å². The first-order chi connectivity index (χ1) is 12.9. The standard InChI is InChI=1S/C20H19BrFN3OS/c1-3-20(2)24-18(13-4-6-14(21)7-5-13)19(25-20)27-12-17(26)23-16-10-8-15(22)9-11-16/h4-11H,3,12H2,1-2H3,(H,23,26)/t20-/m1/s1. The van der Waals surface area contributed by atoms with Crippen molar-refractivity contribution in [3.05, 3.63) is 64.4 Å². The smallest absolute Gasteiger partial charge is 0.234 e. The molecular weight excluding hydrogens is 429 g/mol. The summed E-state index contributed by atoms with van der Waals surface area (Å²) in [7, 11) is 0. The summed E-state index contributed by atoms with van der Waals surface area (Å²) in [6.07, 6.45) is 0.777. The molecule has 0 fully saturated rings. The van der Waals surface area contributed by atoms with Crippen LogP contribution in [0.1, 0.15) is 25.8 Å². The van der Waals surface area contributed by atoms with Crippen molar-refractivity contribution in [1.29, 1.82) is 0 Å². The predicted octanol–water partition coefficient (Wildman–Crippen LogP) is 5.29. The Morgan fingerprint density at radius 2 is 1.81 bits per heavy atom. The van der Waals surface area contributed by atoms with Gasteiger partial charge in [0.2, 0.25) is 5.91 Å². The van der Waals surface area contributed by atoms with E-state index in [1.165, 1.54) is 36.0 Å². The molecule has 140 valence electrons. The highest BCUT2D eigenvalue weighted by Crippen LogP contribution is 2.30. The topological polar surface area (TPSA) is 53.8 Å². The van der Waals surface area contributed by atoms with Crippen LogP contribution in [0.5, 0.6) is 0 Å². The molecule has 3 rings (SSSR count). The SMILES string of the molecule is CC[C@@]1(C)N=C(SCC(=O)Nc2ccc(F)cc2)C(c2ccc(Br)cc2)=N1. The van der Waals surface area contributed by atoms with Gasteiger partial charge in [0.25, 0.3) is 0 Å². The quantitative estimate of drug-likeness (QED) is 0.676. The summed E-state index contributed by atoms with van der Waals surface area (Å²) in [4.78, 5) is 21.8. The highest BCUT2D eigenvalue weighted by atomic mass is 79.9. The number of rotatable bonds is 5. The zero-order chi connectivity index (χ0) is 19.4. The molecule has 2 aromatic rings. The molecule has 0 aliphatic carbocycles. The molecule has 0 radical (unpaired) electrons. The maximum atomic E-state index is 13.0. The van der Waals surface area contributed by atoms with Crippen LogP contribution in [0.4, 0.5) is 10.1 Å². The van der Waals surface area contributed by atoms with Gasteiger partial charge in [0.05, 0.1) is 11.5 Å². The highest BCUT2D eigenvalue weighted by Gasteiger charge is 2.31. The lowest BCUT2D eigenvalue weighted by molar-refractivity contribution is -0.113. The Kier molecular flexibility index (Phi) is 6.11. The molecule has 0 bridgehead atoms. The molecule has 0 spiro atoms. The summed E-state index contributed by atoms with van der Waals surface area (Å²) in [6, 6.07) is 13.6. The van der Waals surface area contributed by atoms with Crippen LogP contribution < -0.4 is 5.32 Å². The lowest BCUT2D eigenvalue weighted by Crippen LogP contribution is -2.17. The first-order valence-electron chi connectivity index (χ1n) is 8.53. The summed E-state index contributed by atoms with van der Waals surface area (Å²) in [5.41, 5.74) is 1.85. The van der Waals surface area contributed by atoms with Crippen LogP contribution in [0.25, 0.3) is 0 Å². The van der Waals surface area contributed by atoms with Crippen LogP contribution in [0.2, 0.25) is 0 Å². The molecule has 7 heteroatoms. The summed E-state index contributed by atoms with van der Waals surface area (Å²) in [5.74, 6) is -0.308. The number of hydrogen-bond donors (Lipinski definition) is 1. The van der Waals surface area contributed by atoms with E-state index in [2.05, 4.69) is 21.2 Å². The van der Waals surface area contributed by atoms with Gasteiger partial charge >= 0.3 is 0 Å². The summed E-state index contributed by atoms with van der Waals surface area (Å²) in [6.45, 7) is 4.03. The zero-order valence-electron chi connectivity index (χ0n) is 15.0. The van der Waals surface area contributed by atoms with E-state index >= 15 is 0 Å². The number of hydrogen-bond acceptors (Lipinski definition) is 4. The lowest BCUT2D eigenvalue weighted by atomic mass is 10.1. The summed E-state index contributed by atoms with van der Waals surface area (Å²) >= 11 is 4.80. The number of nitrogens with zero attached hydrogens (tertiary/aromatic N) is 2. The fourth-order valence-corrected chi connectivity index (χ4v) is 3.67. The third-order valence-electron chi connectivity index (χ3n) is 4.15. The average molecular weight is 448 g/mol. The van der Waals surface area contributed by atoms with E-state index in [0.717, 1.165) is 27.2 Å². The average Bonchev–Trinajstić information content (AvgIpc) is 3.00. The van der Waals surface area contributed by atoms with Crippen molar-refractivity contribution in [3.8, 4) is 0 Å². The second kappa shape index (κ2) is 8.35. The van der Waals surface area contributed by atoms with Crippen LogP contribution >= 0.6 is 27.7 Å². The van der Waals surface area contributed by atoms with E-state index in [1.54, 1.807) is 0 Å². The second-order valence-electron chi connectivity index (χ2n) is 6.30. The number of anilines is 1. The van der Waals surface area contributed by atoms with Crippen LogP contribution in [0, 0.1) is 5.82 Å². The normalized spacial score (nSPS) is 18.8. The Hall–Kier alpha value is -1.99. The maximum Gasteiger partial charge on any atom is 0.234 e. The number of nitrogens with one attached hydrogen (secondary N) is 1. The van der Waals surface area contributed by atoms with Gasteiger partial charge in [-0.2, -0.15) is 0 Å². The number of amides is 1. The molecule has 4 nitrogen and oxygen atoms in total. The minimum absolute atomic E-state index is 0.172. The van der Waals surface area contributed by atoms with Crippen molar-refractivity contribution in [2.24, 2.45) is 9.98 Å².